The number of methoxy groups -OCH3 is 1. The SMILES string of the molecule is CCC(C)(C)N(C(=O)C(CCSC)NC(=O)OC(C)(C)C)C(C(=O)Nc1ccc(OC)cc1)c1ccccc1O. The second-order valence-corrected chi connectivity index (χ2v) is 12.0. The van der Waals surface area contributed by atoms with Crippen molar-refractivity contribution in [2.24, 2.45) is 0 Å². The van der Waals surface area contributed by atoms with Crippen molar-refractivity contribution in [2.75, 3.05) is 24.4 Å². The number of para-hydroxylation sites is 1. The number of rotatable bonds is 12. The lowest BCUT2D eigenvalue weighted by molar-refractivity contribution is -0.147. The first-order chi connectivity index (χ1) is 18.7. The first kappa shape index (κ1) is 32.8. The van der Waals surface area contributed by atoms with Gasteiger partial charge < -0.3 is 30.1 Å². The van der Waals surface area contributed by atoms with Gasteiger partial charge in [0.2, 0.25) is 5.91 Å². The summed E-state index contributed by atoms with van der Waals surface area (Å²) < 4.78 is 10.7. The van der Waals surface area contributed by atoms with Gasteiger partial charge in [0, 0.05) is 16.8 Å². The molecule has 2 rings (SSSR count). The molecule has 2 unspecified atom stereocenters. The molecule has 0 bridgehead atoms. The number of nitrogens with one attached hydrogen (secondary N) is 2. The monoisotopic (exact) mass is 573 g/mol. The minimum Gasteiger partial charge on any atom is -0.508 e. The Morgan fingerprint density at radius 3 is 2.17 bits per heavy atom. The van der Waals surface area contributed by atoms with E-state index in [1.807, 2.05) is 27.0 Å². The Labute approximate surface area is 242 Å². The van der Waals surface area contributed by atoms with Crippen LogP contribution in [0.3, 0.4) is 0 Å². The van der Waals surface area contributed by atoms with E-state index in [-0.39, 0.29) is 11.3 Å². The van der Waals surface area contributed by atoms with Crippen molar-refractivity contribution < 1.29 is 29.0 Å². The molecule has 0 radical (unpaired) electrons. The minimum absolute atomic E-state index is 0.122. The minimum atomic E-state index is -1.21. The molecule has 9 nitrogen and oxygen atoms in total. The summed E-state index contributed by atoms with van der Waals surface area (Å²) in [6, 6.07) is 11.1. The molecule has 3 N–H and O–H groups in total. The average molecular weight is 574 g/mol. The molecular formula is C30H43N3O6S. The maximum atomic E-state index is 14.4. The van der Waals surface area contributed by atoms with Crippen LogP contribution in [0.2, 0.25) is 0 Å². The summed E-state index contributed by atoms with van der Waals surface area (Å²) in [6.45, 7) is 10.9. The third-order valence-corrected chi connectivity index (χ3v) is 7.09. The Kier molecular flexibility index (Phi) is 11.7. The van der Waals surface area contributed by atoms with Gasteiger partial charge in [0.15, 0.2) is 0 Å². The number of ether oxygens (including phenoxy) is 2. The highest BCUT2D eigenvalue weighted by Crippen LogP contribution is 2.37. The van der Waals surface area contributed by atoms with Gasteiger partial charge in [0.1, 0.15) is 29.2 Å². The van der Waals surface area contributed by atoms with Crippen molar-refractivity contribution in [3.8, 4) is 11.5 Å². The van der Waals surface area contributed by atoms with Gasteiger partial charge in [0.05, 0.1) is 7.11 Å². The van der Waals surface area contributed by atoms with Gasteiger partial charge in [-0.2, -0.15) is 11.8 Å². The van der Waals surface area contributed by atoms with Gasteiger partial charge in [-0.3, -0.25) is 9.59 Å². The number of hydrogen-bond donors (Lipinski definition) is 3. The molecule has 2 aromatic carbocycles. The standard InChI is InChI=1S/C30H43N3O6S/c1-9-30(5,6)33(27(36)23(18-19-40-8)32-28(37)39-29(2,3)4)25(22-12-10-11-13-24(22)34)26(35)31-20-14-16-21(38-7)17-15-20/h10-17,23,25,34H,9,18-19H2,1-8H3,(H,31,35)(H,32,37). The van der Waals surface area contributed by atoms with E-state index in [9.17, 15) is 19.5 Å². The lowest BCUT2D eigenvalue weighted by Gasteiger charge is -2.44. The zero-order chi connectivity index (χ0) is 30.1. The highest BCUT2D eigenvalue weighted by molar-refractivity contribution is 7.98. The number of alkyl carbamates (subject to hydrolysis) is 1. The van der Waals surface area contributed by atoms with Gasteiger partial charge in [-0.15, -0.1) is 0 Å². The average Bonchev–Trinajstić information content (AvgIpc) is 2.89. The summed E-state index contributed by atoms with van der Waals surface area (Å²) in [5, 5.41) is 16.5. The molecule has 3 amide bonds. The van der Waals surface area contributed by atoms with Crippen molar-refractivity contribution in [3.05, 3.63) is 54.1 Å². The maximum Gasteiger partial charge on any atom is 0.408 e. The number of carbonyl (C=O) groups excluding carboxylic acids is 3. The zero-order valence-corrected chi connectivity index (χ0v) is 25.6. The van der Waals surface area contributed by atoms with Gasteiger partial charge in [-0.1, -0.05) is 25.1 Å². The molecule has 0 aromatic heterocycles. The lowest BCUT2D eigenvalue weighted by Crippen LogP contribution is -2.59. The van der Waals surface area contributed by atoms with Gasteiger partial charge in [-0.25, -0.2) is 4.79 Å². The molecule has 2 aromatic rings. The molecule has 0 saturated carbocycles. The van der Waals surface area contributed by atoms with Crippen LogP contribution in [0.1, 0.15) is 66.0 Å². The number of carbonyl (C=O) groups is 3. The van der Waals surface area contributed by atoms with Crippen molar-refractivity contribution in [1.29, 1.82) is 0 Å². The largest absolute Gasteiger partial charge is 0.508 e. The van der Waals surface area contributed by atoms with Crippen LogP contribution in [0.5, 0.6) is 11.5 Å². The summed E-state index contributed by atoms with van der Waals surface area (Å²) in [5.41, 5.74) is -0.826. The number of phenolic OH excluding ortho intramolecular Hbond substituents is 1. The number of anilines is 1. The molecular weight excluding hydrogens is 530 g/mol. The summed E-state index contributed by atoms with van der Waals surface area (Å²) in [6.07, 6.45) is 2.02. The van der Waals surface area contributed by atoms with E-state index < -0.39 is 41.1 Å². The van der Waals surface area contributed by atoms with Crippen molar-refractivity contribution in [1.82, 2.24) is 10.2 Å². The van der Waals surface area contributed by atoms with Gasteiger partial charge >= 0.3 is 6.09 Å². The molecule has 0 aliphatic rings. The van der Waals surface area contributed by atoms with E-state index in [2.05, 4.69) is 10.6 Å². The van der Waals surface area contributed by atoms with Crippen LogP contribution in [-0.2, 0) is 14.3 Å². The predicted molar refractivity (Wildman–Crippen MR) is 160 cm³/mol. The van der Waals surface area contributed by atoms with Crippen molar-refractivity contribution in [2.45, 2.75) is 77.6 Å². The van der Waals surface area contributed by atoms with E-state index in [0.717, 1.165) is 0 Å². The van der Waals surface area contributed by atoms with E-state index in [1.54, 1.807) is 70.3 Å². The number of hydrogen-bond acceptors (Lipinski definition) is 7. The number of phenols is 1. The molecule has 0 spiro atoms. The molecule has 2 atom stereocenters. The van der Waals surface area contributed by atoms with E-state index in [0.29, 0.717) is 30.0 Å². The smallest absolute Gasteiger partial charge is 0.408 e. The molecule has 0 fully saturated rings. The molecule has 40 heavy (non-hydrogen) atoms. The molecule has 0 aliphatic carbocycles. The van der Waals surface area contributed by atoms with Gasteiger partial charge in [0.25, 0.3) is 5.91 Å². The predicted octanol–water partition coefficient (Wildman–Crippen LogP) is 5.74. The molecule has 220 valence electrons. The summed E-state index contributed by atoms with van der Waals surface area (Å²) >= 11 is 1.54. The summed E-state index contributed by atoms with van der Waals surface area (Å²) in [7, 11) is 1.55. The third-order valence-electron chi connectivity index (χ3n) is 6.45. The number of amides is 3. The topological polar surface area (TPSA) is 117 Å². The van der Waals surface area contributed by atoms with Crippen LogP contribution in [0.25, 0.3) is 0 Å². The van der Waals surface area contributed by atoms with E-state index in [1.165, 1.54) is 22.7 Å². The Bertz CT molecular complexity index is 1150. The van der Waals surface area contributed by atoms with E-state index >= 15 is 0 Å². The normalized spacial score (nSPS) is 13.1. The summed E-state index contributed by atoms with van der Waals surface area (Å²) in [4.78, 5) is 42.6. The Balaban J connectivity index is 2.61. The quantitative estimate of drug-likeness (QED) is 0.296. The van der Waals surface area contributed by atoms with E-state index in [4.69, 9.17) is 9.47 Å². The van der Waals surface area contributed by atoms with Crippen LogP contribution >= 0.6 is 11.8 Å². The number of aromatic hydroxyl groups is 1. The second kappa shape index (κ2) is 14.3. The van der Waals surface area contributed by atoms with Gasteiger partial charge in [-0.05, 0) is 89.8 Å². The van der Waals surface area contributed by atoms with Crippen LogP contribution in [0.15, 0.2) is 48.5 Å². The fourth-order valence-corrected chi connectivity index (χ4v) is 4.53. The number of nitrogens with zero attached hydrogens (tertiary/aromatic N) is 1. The molecule has 0 saturated heterocycles. The summed E-state index contributed by atoms with van der Waals surface area (Å²) in [5.74, 6) is 0.130. The fourth-order valence-electron chi connectivity index (χ4n) is 4.06. The second-order valence-electron chi connectivity index (χ2n) is 11.0. The number of thioether (sulfide) groups is 1. The molecule has 10 heteroatoms. The van der Waals surface area contributed by atoms with Crippen LogP contribution in [-0.4, -0.2) is 64.2 Å². The highest BCUT2D eigenvalue weighted by Gasteiger charge is 2.43. The fraction of sp³-hybridized carbons (Fsp3) is 0.500. The first-order valence-corrected chi connectivity index (χ1v) is 14.7. The van der Waals surface area contributed by atoms with Crippen molar-refractivity contribution in [3.63, 3.8) is 0 Å². The number of benzene rings is 2. The molecule has 0 heterocycles. The highest BCUT2D eigenvalue weighted by atomic mass is 32.2. The van der Waals surface area contributed by atoms with Crippen molar-refractivity contribution >= 4 is 35.4 Å². The first-order valence-electron chi connectivity index (χ1n) is 13.3. The Morgan fingerprint density at radius 1 is 1.02 bits per heavy atom. The Morgan fingerprint density at radius 2 is 1.65 bits per heavy atom. The van der Waals surface area contributed by atoms with Crippen LogP contribution in [0, 0.1) is 0 Å². The zero-order valence-electron chi connectivity index (χ0n) is 24.7. The molecule has 0 aliphatic heterocycles. The Hall–Kier alpha value is -3.40. The lowest BCUT2D eigenvalue weighted by atomic mass is 9.91. The van der Waals surface area contributed by atoms with Crippen LogP contribution < -0.4 is 15.4 Å². The third kappa shape index (κ3) is 9.08. The van der Waals surface area contributed by atoms with Crippen LogP contribution in [0.4, 0.5) is 10.5 Å². The maximum absolute atomic E-state index is 14.4.